The Hall–Kier alpha value is -2.78. The Morgan fingerprint density at radius 2 is 1.46 bits per heavy atom. The standard InChI is InChI=1S/C21H19NO2/c1-21(2,23)16-10-4-5-11-17(16)22-18-12-7-9-15-14-8-3-6-13-19(14)24-20(15)18/h3-13,22-23H,1-2H3. The van der Waals surface area contributed by atoms with E-state index in [-0.39, 0.29) is 0 Å². The number of aliphatic hydroxyl groups is 1. The second-order valence-corrected chi connectivity index (χ2v) is 6.51. The lowest BCUT2D eigenvalue weighted by atomic mass is 9.96. The average molecular weight is 317 g/mol. The predicted molar refractivity (Wildman–Crippen MR) is 98.7 cm³/mol. The molecule has 4 rings (SSSR count). The number of furan rings is 1. The van der Waals surface area contributed by atoms with Gasteiger partial charge in [0.15, 0.2) is 5.58 Å². The van der Waals surface area contributed by atoms with E-state index in [0.717, 1.165) is 38.9 Å². The summed E-state index contributed by atoms with van der Waals surface area (Å²) in [4.78, 5) is 0. The molecule has 0 spiro atoms. The van der Waals surface area contributed by atoms with Gasteiger partial charge in [-0.15, -0.1) is 0 Å². The highest BCUT2D eigenvalue weighted by atomic mass is 16.3. The lowest BCUT2D eigenvalue weighted by molar-refractivity contribution is 0.0794. The first-order chi connectivity index (χ1) is 11.5. The number of hydrogen-bond acceptors (Lipinski definition) is 3. The predicted octanol–water partition coefficient (Wildman–Crippen LogP) is 5.56. The fraction of sp³-hybridized carbons (Fsp3) is 0.143. The van der Waals surface area contributed by atoms with Crippen molar-refractivity contribution in [1.82, 2.24) is 0 Å². The first kappa shape index (κ1) is 14.8. The number of benzene rings is 3. The second-order valence-electron chi connectivity index (χ2n) is 6.51. The summed E-state index contributed by atoms with van der Waals surface area (Å²) in [5, 5.41) is 16.0. The molecule has 1 heterocycles. The lowest BCUT2D eigenvalue weighted by Gasteiger charge is -2.22. The molecular formula is C21H19NO2. The highest BCUT2D eigenvalue weighted by molar-refractivity contribution is 6.09. The largest absolute Gasteiger partial charge is 0.454 e. The SMILES string of the molecule is CC(C)(O)c1ccccc1Nc1cccc2c1oc1ccccc12. The molecule has 3 heteroatoms. The number of anilines is 2. The molecule has 0 aliphatic carbocycles. The Morgan fingerprint density at radius 1 is 0.792 bits per heavy atom. The van der Waals surface area contributed by atoms with Crippen LogP contribution in [-0.4, -0.2) is 5.11 Å². The van der Waals surface area contributed by atoms with Gasteiger partial charge in [-0.3, -0.25) is 0 Å². The van der Waals surface area contributed by atoms with E-state index < -0.39 is 5.60 Å². The van der Waals surface area contributed by atoms with Crippen LogP contribution in [0.5, 0.6) is 0 Å². The van der Waals surface area contributed by atoms with Crippen LogP contribution < -0.4 is 5.32 Å². The Labute approximate surface area is 140 Å². The minimum absolute atomic E-state index is 0.823. The van der Waals surface area contributed by atoms with E-state index in [4.69, 9.17) is 4.42 Å². The maximum atomic E-state index is 10.4. The summed E-state index contributed by atoms with van der Waals surface area (Å²) in [6, 6.07) is 21.9. The summed E-state index contributed by atoms with van der Waals surface area (Å²) in [6.07, 6.45) is 0. The van der Waals surface area contributed by atoms with Crippen molar-refractivity contribution in [3.8, 4) is 0 Å². The molecular weight excluding hydrogens is 298 g/mol. The van der Waals surface area contributed by atoms with Crippen molar-refractivity contribution < 1.29 is 9.52 Å². The van der Waals surface area contributed by atoms with Crippen LogP contribution in [0.2, 0.25) is 0 Å². The number of nitrogens with one attached hydrogen (secondary N) is 1. The molecule has 0 amide bonds. The minimum Gasteiger partial charge on any atom is -0.454 e. The number of para-hydroxylation sites is 3. The Balaban J connectivity index is 1.87. The van der Waals surface area contributed by atoms with Gasteiger partial charge in [0.1, 0.15) is 5.58 Å². The topological polar surface area (TPSA) is 45.4 Å². The zero-order valence-electron chi connectivity index (χ0n) is 13.7. The van der Waals surface area contributed by atoms with Gasteiger partial charge in [0, 0.05) is 22.0 Å². The van der Waals surface area contributed by atoms with Crippen LogP contribution in [0.25, 0.3) is 21.9 Å². The van der Waals surface area contributed by atoms with Crippen molar-refractivity contribution in [1.29, 1.82) is 0 Å². The zero-order valence-corrected chi connectivity index (χ0v) is 13.7. The Morgan fingerprint density at radius 3 is 2.29 bits per heavy atom. The molecule has 0 bridgehead atoms. The second kappa shape index (κ2) is 5.39. The van der Waals surface area contributed by atoms with Crippen LogP contribution in [0.1, 0.15) is 19.4 Å². The lowest BCUT2D eigenvalue weighted by Crippen LogP contribution is -2.17. The first-order valence-electron chi connectivity index (χ1n) is 8.03. The third-order valence-electron chi connectivity index (χ3n) is 4.26. The monoisotopic (exact) mass is 317 g/mol. The van der Waals surface area contributed by atoms with Gasteiger partial charge in [0.05, 0.1) is 11.3 Å². The van der Waals surface area contributed by atoms with Gasteiger partial charge in [-0.1, -0.05) is 48.5 Å². The fourth-order valence-corrected chi connectivity index (χ4v) is 3.12. The van der Waals surface area contributed by atoms with Crippen molar-refractivity contribution in [2.45, 2.75) is 19.4 Å². The molecule has 0 radical (unpaired) electrons. The number of hydrogen-bond donors (Lipinski definition) is 2. The normalized spacial score (nSPS) is 12.0. The van der Waals surface area contributed by atoms with Crippen LogP contribution in [0.15, 0.2) is 71.1 Å². The van der Waals surface area contributed by atoms with Crippen LogP contribution in [0.3, 0.4) is 0 Å². The van der Waals surface area contributed by atoms with E-state index in [0.29, 0.717) is 0 Å². The van der Waals surface area contributed by atoms with Crippen molar-refractivity contribution in [2.75, 3.05) is 5.32 Å². The summed E-state index contributed by atoms with van der Waals surface area (Å²) in [6.45, 7) is 3.57. The van der Waals surface area contributed by atoms with Gasteiger partial charge in [-0.05, 0) is 32.0 Å². The average Bonchev–Trinajstić information content (AvgIpc) is 2.94. The van der Waals surface area contributed by atoms with Gasteiger partial charge < -0.3 is 14.8 Å². The summed E-state index contributed by atoms with van der Waals surface area (Å²) in [7, 11) is 0. The van der Waals surface area contributed by atoms with Crippen molar-refractivity contribution in [2.24, 2.45) is 0 Å². The molecule has 1 aromatic heterocycles. The highest BCUT2D eigenvalue weighted by Crippen LogP contribution is 2.36. The summed E-state index contributed by atoms with van der Waals surface area (Å²) in [5.74, 6) is 0. The minimum atomic E-state index is -0.925. The van der Waals surface area contributed by atoms with E-state index in [2.05, 4.69) is 17.4 Å². The highest BCUT2D eigenvalue weighted by Gasteiger charge is 2.20. The number of rotatable bonds is 3. The molecule has 2 N–H and O–H groups in total. The van der Waals surface area contributed by atoms with Crippen molar-refractivity contribution >= 4 is 33.3 Å². The molecule has 24 heavy (non-hydrogen) atoms. The zero-order chi connectivity index (χ0) is 16.7. The summed E-state index contributed by atoms with van der Waals surface area (Å²) in [5.41, 5.74) is 3.38. The van der Waals surface area contributed by atoms with E-state index in [1.54, 1.807) is 13.8 Å². The van der Waals surface area contributed by atoms with Crippen LogP contribution >= 0.6 is 0 Å². The number of fused-ring (bicyclic) bond motifs is 3. The molecule has 0 aliphatic rings. The van der Waals surface area contributed by atoms with Gasteiger partial charge >= 0.3 is 0 Å². The quantitative estimate of drug-likeness (QED) is 0.520. The molecule has 4 aromatic rings. The van der Waals surface area contributed by atoms with Gasteiger partial charge in [0.2, 0.25) is 0 Å². The molecule has 0 unspecified atom stereocenters. The molecule has 0 saturated heterocycles. The van der Waals surface area contributed by atoms with Crippen LogP contribution in [-0.2, 0) is 5.60 Å². The van der Waals surface area contributed by atoms with Gasteiger partial charge in [-0.2, -0.15) is 0 Å². The fourth-order valence-electron chi connectivity index (χ4n) is 3.12. The van der Waals surface area contributed by atoms with Gasteiger partial charge in [0.25, 0.3) is 0 Å². The smallest absolute Gasteiger partial charge is 0.158 e. The van der Waals surface area contributed by atoms with Crippen LogP contribution in [0.4, 0.5) is 11.4 Å². The van der Waals surface area contributed by atoms with E-state index >= 15 is 0 Å². The summed E-state index contributed by atoms with van der Waals surface area (Å²) >= 11 is 0. The molecule has 0 atom stereocenters. The third-order valence-corrected chi connectivity index (χ3v) is 4.26. The summed E-state index contributed by atoms with van der Waals surface area (Å²) < 4.78 is 6.06. The van der Waals surface area contributed by atoms with E-state index in [1.807, 2.05) is 54.6 Å². The third kappa shape index (κ3) is 2.43. The molecule has 3 nitrogen and oxygen atoms in total. The maximum absolute atomic E-state index is 10.4. The molecule has 0 fully saturated rings. The van der Waals surface area contributed by atoms with E-state index in [9.17, 15) is 5.11 Å². The Bertz CT molecular complexity index is 1020. The van der Waals surface area contributed by atoms with Crippen molar-refractivity contribution in [3.63, 3.8) is 0 Å². The molecule has 3 aromatic carbocycles. The first-order valence-corrected chi connectivity index (χ1v) is 8.03. The van der Waals surface area contributed by atoms with Crippen LogP contribution in [0, 0.1) is 0 Å². The molecule has 0 aliphatic heterocycles. The molecule has 120 valence electrons. The van der Waals surface area contributed by atoms with E-state index in [1.165, 1.54) is 0 Å². The van der Waals surface area contributed by atoms with Crippen molar-refractivity contribution in [3.05, 3.63) is 72.3 Å². The molecule has 0 saturated carbocycles. The van der Waals surface area contributed by atoms with Gasteiger partial charge in [-0.25, -0.2) is 0 Å². The Kier molecular flexibility index (Phi) is 3.32. The maximum Gasteiger partial charge on any atom is 0.158 e.